The van der Waals surface area contributed by atoms with Crippen LogP contribution < -0.4 is 9.64 Å². The van der Waals surface area contributed by atoms with Crippen LogP contribution >= 0.6 is 11.3 Å². The zero-order chi connectivity index (χ0) is 19.2. The Bertz CT molecular complexity index is 906. The summed E-state index contributed by atoms with van der Waals surface area (Å²) in [6, 6.07) is 17.7. The summed E-state index contributed by atoms with van der Waals surface area (Å²) >= 11 is 1.57. The third kappa shape index (κ3) is 4.03. The number of hydrogen-bond donors (Lipinski definition) is 0. The van der Waals surface area contributed by atoms with Crippen LogP contribution in [0.1, 0.15) is 32.1 Å². The highest BCUT2D eigenvalue weighted by Crippen LogP contribution is 2.40. The molecule has 5 heteroatoms. The first-order valence-electron chi connectivity index (χ1n) is 9.29. The summed E-state index contributed by atoms with van der Waals surface area (Å²) in [6.45, 7) is 6.46. The van der Waals surface area contributed by atoms with E-state index in [0.717, 1.165) is 23.4 Å². The standard InChI is InChI=1S/C22H24N2O2S/c1-4-19-21(16-12-8-7-9-13-16)23-22(27-19)24(20(25)5-2)17-14-10-11-15-18(17)26-6-3/h7-15H,4-6H2,1-3H3. The maximum Gasteiger partial charge on any atom is 0.233 e. The van der Waals surface area contributed by atoms with Crippen LogP contribution in [0, 0.1) is 0 Å². The van der Waals surface area contributed by atoms with Crippen molar-refractivity contribution in [2.75, 3.05) is 11.5 Å². The van der Waals surface area contributed by atoms with Gasteiger partial charge in [-0.3, -0.25) is 9.69 Å². The lowest BCUT2D eigenvalue weighted by molar-refractivity contribution is -0.117. The summed E-state index contributed by atoms with van der Waals surface area (Å²) in [5.74, 6) is 0.689. The molecule has 0 fully saturated rings. The van der Waals surface area contributed by atoms with E-state index in [4.69, 9.17) is 9.72 Å². The fraction of sp³-hybridized carbons (Fsp3) is 0.273. The number of carbonyl (C=O) groups is 1. The molecule has 0 N–H and O–H groups in total. The quantitative estimate of drug-likeness (QED) is 0.517. The maximum atomic E-state index is 12.9. The van der Waals surface area contributed by atoms with Crippen LogP contribution in [0.4, 0.5) is 10.8 Å². The normalized spacial score (nSPS) is 10.6. The average molecular weight is 381 g/mol. The van der Waals surface area contributed by atoms with Gasteiger partial charge in [0.15, 0.2) is 5.13 Å². The van der Waals surface area contributed by atoms with Crippen LogP contribution in [-0.2, 0) is 11.2 Å². The molecule has 0 saturated carbocycles. The molecule has 2 aromatic carbocycles. The molecule has 0 radical (unpaired) electrons. The van der Waals surface area contributed by atoms with E-state index < -0.39 is 0 Å². The van der Waals surface area contributed by atoms with Crippen molar-refractivity contribution in [2.24, 2.45) is 0 Å². The number of aromatic nitrogens is 1. The number of amides is 1. The third-order valence-electron chi connectivity index (χ3n) is 4.20. The zero-order valence-electron chi connectivity index (χ0n) is 15.9. The van der Waals surface area contributed by atoms with Gasteiger partial charge in [0.2, 0.25) is 5.91 Å². The molecule has 4 nitrogen and oxygen atoms in total. The molecule has 3 rings (SSSR count). The lowest BCUT2D eigenvalue weighted by Gasteiger charge is -2.22. The van der Waals surface area contributed by atoms with Gasteiger partial charge in [0, 0.05) is 16.9 Å². The molecule has 0 aliphatic carbocycles. The maximum absolute atomic E-state index is 12.9. The predicted octanol–water partition coefficient (Wildman–Crippen LogP) is 5.85. The Morgan fingerprint density at radius 3 is 2.41 bits per heavy atom. The summed E-state index contributed by atoms with van der Waals surface area (Å²) in [7, 11) is 0. The van der Waals surface area contributed by atoms with E-state index in [-0.39, 0.29) is 5.91 Å². The van der Waals surface area contributed by atoms with Crippen LogP contribution in [-0.4, -0.2) is 17.5 Å². The molecule has 0 aliphatic rings. The van der Waals surface area contributed by atoms with Gasteiger partial charge in [-0.25, -0.2) is 4.98 Å². The molecular weight excluding hydrogens is 356 g/mol. The first-order valence-corrected chi connectivity index (χ1v) is 10.1. The highest BCUT2D eigenvalue weighted by molar-refractivity contribution is 7.16. The van der Waals surface area contributed by atoms with Crippen molar-refractivity contribution in [3.63, 3.8) is 0 Å². The van der Waals surface area contributed by atoms with Gasteiger partial charge in [0.25, 0.3) is 0 Å². The predicted molar refractivity (Wildman–Crippen MR) is 112 cm³/mol. The molecule has 140 valence electrons. The second-order valence-corrected chi connectivity index (χ2v) is 7.03. The molecule has 1 amide bonds. The molecule has 0 spiro atoms. The van der Waals surface area contributed by atoms with Crippen molar-refractivity contribution in [3.8, 4) is 17.0 Å². The molecule has 0 unspecified atom stereocenters. The number of nitrogens with zero attached hydrogens (tertiary/aromatic N) is 2. The van der Waals surface area contributed by atoms with Crippen LogP contribution in [0.25, 0.3) is 11.3 Å². The SMILES string of the molecule is CCOc1ccccc1N(C(=O)CC)c1nc(-c2ccccc2)c(CC)s1. The smallest absolute Gasteiger partial charge is 0.233 e. The molecule has 0 aliphatic heterocycles. The number of ether oxygens (including phenoxy) is 1. The molecule has 0 atom stereocenters. The highest BCUT2D eigenvalue weighted by atomic mass is 32.1. The molecule has 1 aromatic heterocycles. The summed E-state index contributed by atoms with van der Waals surface area (Å²) in [5.41, 5.74) is 2.75. The number of thiazole rings is 1. The van der Waals surface area contributed by atoms with E-state index in [2.05, 4.69) is 19.1 Å². The summed E-state index contributed by atoms with van der Waals surface area (Å²) in [6.07, 6.45) is 1.26. The fourth-order valence-electron chi connectivity index (χ4n) is 2.92. The van der Waals surface area contributed by atoms with Crippen molar-refractivity contribution < 1.29 is 9.53 Å². The van der Waals surface area contributed by atoms with Gasteiger partial charge in [-0.15, -0.1) is 11.3 Å². The van der Waals surface area contributed by atoms with Gasteiger partial charge >= 0.3 is 0 Å². The first kappa shape index (κ1) is 19.1. The number of anilines is 2. The summed E-state index contributed by atoms with van der Waals surface area (Å²) in [4.78, 5) is 20.6. The second-order valence-electron chi connectivity index (χ2n) is 5.97. The molecule has 0 saturated heterocycles. The Kier molecular flexibility index (Phi) is 6.24. The van der Waals surface area contributed by atoms with Gasteiger partial charge in [-0.2, -0.15) is 0 Å². The van der Waals surface area contributed by atoms with Crippen LogP contribution in [0.15, 0.2) is 54.6 Å². The van der Waals surface area contributed by atoms with E-state index in [1.54, 1.807) is 16.2 Å². The molecule has 0 bridgehead atoms. The van der Waals surface area contributed by atoms with Gasteiger partial charge in [0.05, 0.1) is 18.0 Å². The van der Waals surface area contributed by atoms with Crippen molar-refractivity contribution in [2.45, 2.75) is 33.6 Å². The Balaban J connectivity index is 2.13. The molecule has 1 heterocycles. The Morgan fingerprint density at radius 2 is 1.74 bits per heavy atom. The number of benzene rings is 2. The van der Waals surface area contributed by atoms with Crippen molar-refractivity contribution in [3.05, 3.63) is 59.5 Å². The van der Waals surface area contributed by atoms with E-state index in [9.17, 15) is 4.79 Å². The number of para-hydroxylation sites is 2. The lowest BCUT2D eigenvalue weighted by atomic mass is 10.1. The number of aryl methyl sites for hydroxylation is 1. The van der Waals surface area contributed by atoms with Gasteiger partial charge < -0.3 is 4.74 Å². The number of rotatable bonds is 7. The van der Waals surface area contributed by atoms with E-state index in [0.29, 0.717) is 23.9 Å². The fourth-order valence-corrected chi connectivity index (χ4v) is 3.97. The van der Waals surface area contributed by atoms with Crippen LogP contribution in [0.5, 0.6) is 5.75 Å². The van der Waals surface area contributed by atoms with Crippen molar-refractivity contribution in [1.29, 1.82) is 0 Å². The first-order chi connectivity index (χ1) is 13.2. The third-order valence-corrected chi connectivity index (χ3v) is 5.39. The minimum absolute atomic E-state index is 0.00170. The van der Waals surface area contributed by atoms with E-state index in [1.807, 2.05) is 56.3 Å². The lowest BCUT2D eigenvalue weighted by Crippen LogP contribution is -2.25. The summed E-state index contributed by atoms with van der Waals surface area (Å²) in [5, 5.41) is 0.685. The Labute approximate surface area is 164 Å². The average Bonchev–Trinajstić information content (AvgIpc) is 3.14. The second kappa shape index (κ2) is 8.82. The molecule has 3 aromatic rings. The minimum atomic E-state index is -0.00170. The van der Waals surface area contributed by atoms with Gasteiger partial charge in [-0.05, 0) is 25.5 Å². The zero-order valence-corrected chi connectivity index (χ0v) is 16.8. The van der Waals surface area contributed by atoms with Crippen molar-refractivity contribution >= 4 is 28.1 Å². The number of carbonyl (C=O) groups excluding carboxylic acids is 1. The summed E-state index contributed by atoms with van der Waals surface area (Å²) < 4.78 is 5.77. The van der Waals surface area contributed by atoms with E-state index in [1.165, 1.54) is 4.88 Å². The Hall–Kier alpha value is -2.66. The monoisotopic (exact) mass is 380 g/mol. The minimum Gasteiger partial charge on any atom is -0.492 e. The van der Waals surface area contributed by atoms with Crippen LogP contribution in [0.2, 0.25) is 0 Å². The van der Waals surface area contributed by atoms with Crippen molar-refractivity contribution in [1.82, 2.24) is 4.98 Å². The molecule has 27 heavy (non-hydrogen) atoms. The van der Waals surface area contributed by atoms with Crippen LogP contribution in [0.3, 0.4) is 0 Å². The highest BCUT2D eigenvalue weighted by Gasteiger charge is 2.25. The number of hydrogen-bond acceptors (Lipinski definition) is 4. The van der Waals surface area contributed by atoms with E-state index >= 15 is 0 Å². The Morgan fingerprint density at radius 1 is 1.04 bits per heavy atom. The topological polar surface area (TPSA) is 42.4 Å². The molecular formula is C22H24N2O2S. The van der Waals surface area contributed by atoms with Gasteiger partial charge in [-0.1, -0.05) is 56.3 Å². The van der Waals surface area contributed by atoms with Gasteiger partial charge in [0.1, 0.15) is 5.75 Å². The largest absolute Gasteiger partial charge is 0.492 e.